The molecular weight excluding hydrogens is 444 g/mol. The van der Waals surface area contributed by atoms with Crippen molar-refractivity contribution in [2.45, 2.75) is 51.0 Å². The Balaban J connectivity index is 1.36. The fourth-order valence-corrected chi connectivity index (χ4v) is 5.30. The third kappa shape index (κ3) is 4.09. The van der Waals surface area contributed by atoms with Crippen molar-refractivity contribution in [1.29, 1.82) is 0 Å². The zero-order valence-electron chi connectivity index (χ0n) is 19.2. The molecule has 9 heteroatoms. The number of piperidine rings is 2. The zero-order valence-corrected chi connectivity index (χ0v) is 19.2. The Bertz CT molecular complexity index is 1150. The highest BCUT2D eigenvalue weighted by atomic mass is 19.3. The predicted molar refractivity (Wildman–Crippen MR) is 121 cm³/mol. The van der Waals surface area contributed by atoms with Gasteiger partial charge < -0.3 is 25.0 Å². The van der Waals surface area contributed by atoms with Crippen molar-refractivity contribution in [3.05, 3.63) is 53.1 Å². The maximum atomic E-state index is 13.3. The first-order valence-corrected chi connectivity index (χ1v) is 11.4. The molecule has 0 aliphatic carbocycles. The molecule has 0 spiro atoms. The number of carbonyl (C=O) groups is 2. The highest BCUT2D eigenvalue weighted by molar-refractivity contribution is 6.04. The molecular formula is C25H27F2N3O4. The van der Waals surface area contributed by atoms with Crippen molar-refractivity contribution in [1.82, 2.24) is 10.2 Å². The van der Waals surface area contributed by atoms with Crippen LogP contribution in [0.3, 0.4) is 0 Å². The number of amides is 2. The summed E-state index contributed by atoms with van der Waals surface area (Å²) in [7, 11) is 1.87. The molecule has 2 aromatic rings. The van der Waals surface area contributed by atoms with Crippen LogP contribution in [0.4, 0.5) is 14.5 Å². The van der Waals surface area contributed by atoms with Crippen molar-refractivity contribution in [2.24, 2.45) is 5.92 Å². The number of nitrogens with zero attached hydrogens (tertiary/aromatic N) is 1. The first-order valence-electron chi connectivity index (χ1n) is 11.4. The van der Waals surface area contributed by atoms with Gasteiger partial charge in [-0.15, -0.1) is 8.78 Å². The molecule has 0 aromatic heterocycles. The monoisotopic (exact) mass is 471 g/mol. The van der Waals surface area contributed by atoms with Crippen LogP contribution in [0.5, 0.6) is 11.5 Å². The number of carbonyl (C=O) groups excluding carboxylic acids is 2. The number of rotatable bonds is 3. The molecule has 3 aliphatic heterocycles. The van der Waals surface area contributed by atoms with Gasteiger partial charge in [-0.2, -0.15) is 0 Å². The van der Waals surface area contributed by atoms with E-state index in [1.807, 2.05) is 24.9 Å². The lowest BCUT2D eigenvalue weighted by atomic mass is 9.75. The third-order valence-electron chi connectivity index (χ3n) is 7.13. The quantitative estimate of drug-likeness (QED) is 0.710. The molecule has 0 radical (unpaired) electrons. The lowest BCUT2D eigenvalue weighted by Gasteiger charge is -2.47. The zero-order chi connectivity index (χ0) is 24.2. The first kappa shape index (κ1) is 22.6. The van der Waals surface area contributed by atoms with Crippen LogP contribution in [0.25, 0.3) is 0 Å². The van der Waals surface area contributed by atoms with E-state index in [-0.39, 0.29) is 29.4 Å². The second kappa shape index (κ2) is 8.23. The Hall–Kier alpha value is -3.20. The normalized spacial score (nSPS) is 27.3. The summed E-state index contributed by atoms with van der Waals surface area (Å²) in [5.74, 6) is -0.532. The summed E-state index contributed by atoms with van der Waals surface area (Å²) in [4.78, 5) is 28.1. The minimum atomic E-state index is -3.72. The minimum Gasteiger partial charge on any atom is -0.395 e. The van der Waals surface area contributed by atoms with E-state index in [4.69, 9.17) is 0 Å². The Morgan fingerprint density at radius 3 is 2.71 bits per heavy atom. The first-order chi connectivity index (χ1) is 16.1. The Labute approximate surface area is 196 Å². The van der Waals surface area contributed by atoms with E-state index >= 15 is 0 Å². The van der Waals surface area contributed by atoms with Gasteiger partial charge in [0, 0.05) is 43.0 Å². The van der Waals surface area contributed by atoms with Gasteiger partial charge in [-0.05, 0) is 68.0 Å². The van der Waals surface area contributed by atoms with Crippen LogP contribution in [0.15, 0.2) is 36.4 Å². The SMILES string of the molecule is Cc1ccc(C(=O)Nc2ccc3c(c2)OC(F)(F)O3)cc1C1CC2CNC(C)CC2N(C)C1=O. The van der Waals surface area contributed by atoms with Crippen LogP contribution in [0.1, 0.15) is 47.2 Å². The number of ether oxygens (including phenoxy) is 2. The second-order valence-electron chi connectivity index (χ2n) is 9.46. The number of aryl methyl sites for hydroxylation is 1. The molecule has 3 aliphatic rings. The molecule has 2 N–H and O–H groups in total. The number of benzene rings is 2. The average Bonchev–Trinajstić information content (AvgIpc) is 3.10. The summed E-state index contributed by atoms with van der Waals surface area (Å²) in [6.45, 7) is 4.94. The van der Waals surface area contributed by atoms with Crippen LogP contribution in [0.2, 0.25) is 0 Å². The number of fused-ring (bicyclic) bond motifs is 2. The van der Waals surface area contributed by atoms with E-state index in [0.717, 1.165) is 30.5 Å². The van der Waals surface area contributed by atoms with Gasteiger partial charge in [-0.25, -0.2) is 0 Å². The molecule has 2 fully saturated rings. The molecule has 180 valence electrons. The van der Waals surface area contributed by atoms with Gasteiger partial charge in [0.05, 0.1) is 5.92 Å². The summed E-state index contributed by atoms with van der Waals surface area (Å²) in [6, 6.07) is 9.98. The summed E-state index contributed by atoms with van der Waals surface area (Å²) in [5.41, 5.74) is 2.47. The number of likely N-dealkylation sites (N-methyl/N-ethyl adjacent to an activating group) is 1. The third-order valence-corrected chi connectivity index (χ3v) is 7.13. The largest absolute Gasteiger partial charge is 0.586 e. The number of hydrogen-bond donors (Lipinski definition) is 2. The number of likely N-dealkylation sites (tertiary alicyclic amines) is 1. The fraction of sp³-hybridized carbons (Fsp3) is 0.440. The van der Waals surface area contributed by atoms with Crippen LogP contribution in [-0.2, 0) is 4.79 Å². The van der Waals surface area contributed by atoms with Gasteiger partial charge in [0.2, 0.25) is 5.91 Å². The molecule has 5 rings (SSSR count). The number of alkyl halides is 2. The number of halogens is 2. The smallest absolute Gasteiger partial charge is 0.395 e. The van der Waals surface area contributed by atoms with Gasteiger partial charge >= 0.3 is 6.29 Å². The molecule has 2 amide bonds. The van der Waals surface area contributed by atoms with Gasteiger partial charge in [-0.1, -0.05) is 6.07 Å². The molecule has 4 unspecified atom stereocenters. The van der Waals surface area contributed by atoms with Crippen molar-refractivity contribution in [3.8, 4) is 11.5 Å². The van der Waals surface area contributed by atoms with Crippen LogP contribution < -0.4 is 20.1 Å². The van der Waals surface area contributed by atoms with Gasteiger partial charge in [-0.3, -0.25) is 9.59 Å². The highest BCUT2D eigenvalue weighted by Gasteiger charge is 2.44. The van der Waals surface area contributed by atoms with E-state index in [2.05, 4.69) is 27.0 Å². The molecule has 3 heterocycles. The van der Waals surface area contributed by atoms with E-state index in [9.17, 15) is 18.4 Å². The number of anilines is 1. The summed E-state index contributed by atoms with van der Waals surface area (Å²) in [5, 5.41) is 6.22. The summed E-state index contributed by atoms with van der Waals surface area (Å²) < 4.78 is 35.4. The predicted octanol–water partition coefficient (Wildman–Crippen LogP) is 3.88. The number of hydrogen-bond acceptors (Lipinski definition) is 5. The van der Waals surface area contributed by atoms with Crippen molar-refractivity contribution >= 4 is 17.5 Å². The Kier molecular flexibility index (Phi) is 5.47. The topological polar surface area (TPSA) is 79.9 Å². The van der Waals surface area contributed by atoms with Crippen molar-refractivity contribution < 1.29 is 27.8 Å². The molecule has 34 heavy (non-hydrogen) atoms. The van der Waals surface area contributed by atoms with Gasteiger partial charge in [0.25, 0.3) is 5.91 Å². The van der Waals surface area contributed by atoms with E-state index in [0.29, 0.717) is 23.2 Å². The average molecular weight is 472 g/mol. The second-order valence-corrected chi connectivity index (χ2v) is 9.46. The Morgan fingerprint density at radius 2 is 1.91 bits per heavy atom. The van der Waals surface area contributed by atoms with Crippen LogP contribution >= 0.6 is 0 Å². The number of nitrogens with one attached hydrogen (secondary N) is 2. The van der Waals surface area contributed by atoms with E-state index in [1.165, 1.54) is 18.2 Å². The van der Waals surface area contributed by atoms with Crippen molar-refractivity contribution in [3.63, 3.8) is 0 Å². The molecule has 4 atom stereocenters. The molecule has 2 aromatic carbocycles. The standard InChI is InChI=1S/C25H27F2N3O4/c1-13-4-5-15(23(31)29-17-6-7-21-22(11-17)34-25(26,27)33-21)9-18(13)19-10-16-12-28-14(2)8-20(16)30(3)24(19)32/h4-7,9,11,14,16,19-20,28H,8,10,12H2,1-3H3,(H,29,31). The lowest BCUT2D eigenvalue weighted by Crippen LogP contribution is -2.57. The van der Waals surface area contributed by atoms with E-state index in [1.54, 1.807) is 12.1 Å². The molecule has 0 bridgehead atoms. The Morgan fingerprint density at radius 1 is 1.15 bits per heavy atom. The maximum absolute atomic E-state index is 13.3. The molecule has 2 saturated heterocycles. The minimum absolute atomic E-state index is 0.0766. The summed E-state index contributed by atoms with van der Waals surface area (Å²) in [6.07, 6.45) is -2.06. The fourth-order valence-electron chi connectivity index (χ4n) is 5.30. The molecule has 0 saturated carbocycles. The maximum Gasteiger partial charge on any atom is 0.586 e. The summed E-state index contributed by atoms with van der Waals surface area (Å²) >= 11 is 0. The van der Waals surface area contributed by atoms with Gasteiger partial charge in [0.1, 0.15) is 0 Å². The lowest BCUT2D eigenvalue weighted by molar-refractivity contribution is -0.286. The molecule has 7 nitrogen and oxygen atoms in total. The van der Waals surface area contributed by atoms with E-state index < -0.39 is 12.2 Å². The van der Waals surface area contributed by atoms with Crippen LogP contribution in [-0.4, -0.2) is 48.7 Å². The highest BCUT2D eigenvalue weighted by Crippen LogP contribution is 2.42. The van der Waals surface area contributed by atoms with Crippen LogP contribution in [0, 0.1) is 12.8 Å². The van der Waals surface area contributed by atoms with Crippen molar-refractivity contribution in [2.75, 3.05) is 18.9 Å². The van der Waals surface area contributed by atoms with Gasteiger partial charge in [0.15, 0.2) is 11.5 Å².